The number of rotatable bonds is 5. The molecule has 246 valence electrons. The molecule has 3 aliphatic heterocycles. The molecule has 2 aliphatic carbocycles. The van der Waals surface area contributed by atoms with Crippen molar-refractivity contribution in [2.24, 2.45) is 29.1 Å². The number of hydrogen-bond acceptors (Lipinski definition) is 8. The first-order chi connectivity index (χ1) is 23.2. The lowest BCUT2D eigenvalue weighted by molar-refractivity contribution is -0.131. The maximum Gasteiger partial charge on any atom is 0.241 e. The summed E-state index contributed by atoms with van der Waals surface area (Å²) in [6.45, 7) is 4.65. The molecule has 0 bridgehead atoms. The van der Waals surface area contributed by atoms with E-state index < -0.39 is 35.0 Å². The van der Waals surface area contributed by atoms with Crippen molar-refractivity contribution in [1.82, 2.24) is 0 Å². The SMILES string of the molecule is COc1ccc([C@H]2C3=CC[C@@H]4C(=O)N(c5ccc(N6CCOCC6)cc5)C(=O)[C@@H]4[C@@H]3C[C@H]3C(=O)N(c4ccccc4)C(=O)[C@@]23C)c(O)c1. The zero-order chi connectivity index (χ0) is 33.3. The van der Waals surface area contributed by atoms with Crippen molar-refractivity contribution in [3.05, 3.63) is 90.0 Å². The van der Waals surface area contributed by atoms with E-state index in [1.807, 2.05) is 43.3 Å². The van der Waals surface area contributed by atoms with Crippen LogP contribution in [0.2, 0.25) is 0 Å². The molecule has 0 unspecified atom stereocenters. The number of allylic oxidation sites excluding steroid dienone is 2. The zero-order valence-electron chi connectivity index (χ0n) is 26.9. The molecule has 10 nitrogen and oxygen atoms in total. The summed E-state index contributed by atoms with van der Waals surface area (Å²) in [5.41, 5.74) is 2.07. The lowest BCUT2D eigenvalue weighted by Crippen LogP contribution is -2.48. The molecule has 10 heteroatoms. The Balaban J connectivity index is 1.19. The van der Waals surface area contributed by atoms with Gasteiger partial charge in [0, 0.05) is 36.3 Å². The highest BCUT2D eigenvalue weighted by molar-refractivity contribution is 6.25. The van der Waals surface area contributed by atoms with Crippen LogP contribution in [0.25, 0.3) is 0 Å². The largest absolute Gasteiger partial charge is 0.508 e. The molecule has 3 saturated heterocycles. The summed E-state index contributed by atoms with van der Waals surface area (Å²) in [4.78, 5) is 62.0. The van der Waals surface area contributed by atoms with Crippen molar-refractivity contribution >= 4 is 40.7 Å². The average Bonchev–Trinajstić information content (AvgIpc) is 3.48. The van der Waals surface area contributed by atoms with Gasteiger partial charge in [0.15, 0.2) is 0 Å². The van der Waals surface area contributed by atoms with E-state index in [0.717, 1.165) is 24.4 Å². The fraction of sp³-hybridized carbons (Fsp3) is 0.368. The maximum absolute atomic E-state index is 14.5. The maximum atomic E-state index is 14.5. The zero-order valence-corrected chi connectivity index (χ0v) is 26.9. The second-order valence-corrected chi connectivity index (χ2v) is 13.5. The molecule has 3 heterocycles. The number of phenolic OH excluding ortho intramolecular Hbond substituents is 1. The Bertz CT molecular complexity index is 1850. The Morgan fingerprint density at radius 1 is 0.812 bits per heavy atom. The number of ether oxygens (including phenoxy) is 2. The monoisotopic (exact) mass is 647 g/mol. The van der Waals surface area contributed by atoms with Crippen LogP contribution in [0, 0.1) is 29.1 Å². The predicted molar refractivity (Wildman–Crippen MR) is 178 cm³/mol. The number of phenols is 1. The Morgan fingerprint density at radius 3 is 2.19 bits per heavy atom. The number of morpholine rings is 1. The Hall–Kier alpha value is -4.96. The fourth-order valence-electron chi connectivity index (χ4n) is 8.97. The van der Waals surface area contributed by atoms with Crippen molar-refractivity contribution in [3.8, 4) is 11.5 Å². The number of imide groups is 2. The average molecular weight is 648 g/mol. The minimum absolute atomic E-state index is 0.0581. The van der Waals surface area contributed by atoms with Gasteiger partial charge in [0.2, 0.25) is 23.6 Å². The summed E-state index contributed by atoms with van der Waals surface area (Å²) in [5.74, 6) is -4.07. The first-order valence-corrected chi connectivity index (χ1v) is 16.5. The van der Waals surface area contributed by atoms with E-state index in [4.69, 9.17) is 9.47 Å². The molecule has 0 radical (unpaired) electrons. The third kappa shape index (κ3) is 4.35. The number of benzene rings is 3. The van der Waals surface area contributed by atoms with Gasteiger partial charge >= 0.3 is 0 Å². The minimum Gasteiger partial charge on any atom is -0.508 e. The molecule has 1 saturated carbocycles. The van der Waals surface area contributed by atoms with Gasteiger partial charge < -0.3 is 19.5 Å². The van der Waals surface area contributed by atoms with Crippen LogP contribution in [0.15, 0.2) is 84.4 Å². The van der Waals surface area contributed by atoms with Gasteiger partial charge in [-0.3, -0.25) is 24.1 Å². The second-order valence-electron chi connectivity index (χ2n) is 13.5. The van der Waals surface area contributed by atoms with Crippen molar-refractivity contribution in [2.45, 2.75) is 25.7 Å². The topological polar surface area (TPSA) is 117 Å². The number of fused-ring (bicyclic) bond motifs is 4. The highest BCUT2D eigenvalue weighted by atomic mass is 16.5. The van der Waals surface area contributed by atoms with Gasteiger partial charge in [0.05, 0.1) is 54.9 Å². The molecule has 5 aliphatic rings. The van der Waals surface area contributed by atoms with Gasteiger partial charge in [0.1, 0.15) is 11.5 Å². The van der Waals surface area contributed by atoms with Gasteiger partial charge in [0.25, 0.3) is 0 Å². The molecular formula is C38H37N3O7. The highest BCUT2D eigenvalue weighted by Gasteiger charge is 2.68. The van der Waals surface area contributed by atoms with E-state index in [-0.39, 0.29) is 35.8 Å². The van der Waals surface area contributed by atoms with E-state index in [1.165, 1.54) is 23.0 Å². The number of carbonyl (C=O) groups is 4. The molecule has 0 spiro atoms. The molecule has 3 aromatic carbocycles. The summed E-state index contributed by atoms with van der Waals surface area (Å²) in [5, 5.41) is 11.4. The van der Waals surface area contributed by atoms with E-state index in [2.05, 4.69) is 4.90 Å². The number of aromatic hydroxyl groups is 1. The number of methoxy groups -OCH3 is 1. The van der Waals surface area contributed by atoms with Crippen LogP contribution < -0.4 is 19.4 Å². The molecule has 1 N–H and O–H groups in total. The first-order valence-electron chi connectivity index (χ1n) is 16.5. The number of anilines is 3. The first kappa shape index (κ1) is 30.4. The summed E-state index contributed by atoms with van der Waals surface area (Å²) < 4.78 is 10.8. The number of carbonyl (C=O) groups excluding carboxylic acids is 4. The van der Waals surface area contributed by atoms with Crippen LogP contribution in [0.1, 0.15) is 31.2 Å². The summed E-state index contributed by atoms with van der Waals surface area (Å²) in [7, 11) is 1.51. The van der Waals surface area contributed by atoms with E-state index >= 15 is 0 Å². The molecule has 3 aromatic rings. The van der Waals surface area contributed by atoms with Crippen LogP contribution in [-0.4, -0.2) is 62.1 Å². The quantitative estimate of drug-likeness (QED) is 0.314. The van der Waals surface area contributed by atoms with E-state index in [1.54, 1.807) is 36.4 Å². The van der Waals surface area contributed by atoms with Crippen molar-refractivity contribution in [1.29, 1.82) is 0 Å². The van der Waals surface area contributed by atoms with Crippen molar-refractivity contribution in [2.75, 3.05) is 48.1 Å². The van der Waals surface area contributed by atoms with Gasteiger partial charge in [-0.05, 0) is 68.1 Å². The van der Waals surface area contributed by atoms with Gasteiger partial charge in [-0.15, -0.1) is 0 Å². The highest BCUT2D eigenvalue weighted by Crippen LogP contribution is 2.64. The van der Waals surface area contributed by atoms with Crippen molar-refractivity contribution in [3.63, 3.8) is 0 Å². The van der Waals surface area contributed by atoms with Crippen LogP contribution >= 0.6 is 0 Å². The number of hydrogen-bond donors (Lipinski definition) is 1. The predicted octanol–water partition coefficient (Wildman–Crippen LogP) is 4.67. The molecular weight excluding hydrogens is 610 g/mol. The lowest BCUT2D eigenvalue weighted by atomic mass is 9.51. The van der Waals surface area contributed by atoms with Crippen LogP contribution in [0.3, 0.4) is 0 Å². The number of nitrogens with zero attached hydrogens (tertiary/aromatic N) is 3. The molecule has 4 amide bonds. The third-order valence-corrected chi connectivity index (χ3v) is 11.3. The Kier molecular flexibility index (Phi) is 7.17. The Morgan fingerprint density at radius 2 is 1.50 bits per heavy atom. The van der Waals surface area contributed by atoms with Gasteiger partial charge in [-0.25, -0.2) is 4.90 Å². The summed E-state index contributed by atoms with van der Waals surface area (Å²) in [6, 6.07) is 21.3. The molecule has 0 aromatic heterocycles. The number of amides is 4. The Labute approximate surface area is 278 Å². The van der Waals surface area contributed by atoms with E-state index in [0.29, 0.717) is 42.3 Å². The third-order valence-electron chi connectivity index (χ3n) is 11.3. The number of para-hydroxylation sites is 1. The van der Waals surface area contributed by atoms with Gasteiger partial charge in [-0.2, -0.15) is 0 Å². The molecule has 6 atom stereocenters. The summed E-state index contributed by atoms with van der Waals surface area (Å²) in [6.07, 6.45) is 2.55. The molecule has 48 heavy (non-hydrogen) atoms. The molecule has 4 fully saturated rings. The lowest BCUT2D eigenvalue weighted by Gasteiger charge is -2.49. The molecule has 8 rings (SSSR count). The normalized spacial score (nSPS) is 29.8. The second kappa shape index (κ2) is 11.3. The van der Waals surface area contributed by atoms with Gasteiger partial charge in [-0.1, -0.05) is 35.9 Å². The van der Waals surface area contributed by atoms with Crippen LogP contribution in [0.4, 0.5) is 17.1 Å². The standard InChI is InChI=1S/C38H37N3O7/c1-38-30(35(44)41(37(38)46)23-6-4-3-5-7-23)21-29-26(33(38)27-13-12-25(47-2)20-31(27)42)14-15-28-32(29)36(45)40(34(28)43)24-10-8-22(9-11-24)39-16-18-48-19-17-39/h3-14,20,28-30,32-33,42H,15-19,21H2,1-2H3/t28-,29+,30-,32-,33+,38+/m0/s1. The smallest absolute Gasteiger partial charge is 0.241 e. The minimum atomic E-state index is -1.24. The van der Waals surface area contributed by atoms with Crippen molar-refractivity contribution < 1.29 is 33.8 Å². The van der Waals surface area contributed by atoms with Crippen LogP contribution in [-0.2, 0) is 23.9 Å². The summed E-state index contributed by atoms with van der Waals surface area (Å²) >= 11 is 0. The van der Waals surface area contributed by atoms with Crippen LogP contribution in [0.5, 0.6) is 11.5 Å². The fourth-order valence-corrected chi connectivity index (χ4v) is 8.97. The van der Waals surface area contributed by atoms with E-state index in [9.17, 15) is 24.3 Å².